The number of rotatable bonds is 2. The van der Waals surface area contributed by atoms with Crippen molar-refractivity contribution in [3.05, 3.63) is 28.8 Å². The van der Waals surface area contributed by atoms with Crippen LogP contribution in [0.1, 0.15) is 42.4 Å². The minimum Gasteiger partial charge on any atom is -0.487 e. The van der Waals surface area contributed by atoms with Gasteiger partial charge in [0, 0.05) is 0 Å². The number of ether oxygens (including phenoxy) is 1. The van der Waals surface area contributed by atoms with Crippen molar-refractivity contribution in [2.45, 2.75) is 51.7 Å². The van der Waals surface area contributed by atoms with E-state index < -0.39 is 0 Å². The molecule has 1 aliphatic carbocycles. The molecular weight excluding hydrogens is 226 g/mol. The van der Waals surface area contributed by atoms with Gasteiger partial charge in [0.05, 0.1) is 17.7 Å². The molecule has 2 atom stereocenters. The summed E-state index contributed by atoms with van der Waals surface area (Å²) >= 11 is 0. The molecule has 0 heterocycles. The fourth-order valence-electron chi connectivity index (χ4n) is 2.57. The van der Waals surface area contributed by atoms with Crippen molar-refractivity contribution in [3.8, 4) is 11.8 Å². The number of hydrogen-bond acceptors (Lipinski definition) is 3. The molecule has 0 aromatic heterocycles. The fraction of sp³-hybridized carbons (Fsp3) is 0.533. The van der Waals surface area contributed by atoms with Crippen LogP contribution >= 0.6 is 0 Å². The molecule has 2 rings (SSSR count). The van der Waals surface area contributed by atoms with Crippen molar-refractivity contribution in [1.82, 2.24) is 0 Å². The molecule has 1 fully saturated rings. The predicted molar refractivity (Wildman–Crippen MR) is 69.5 cm³/mol. The molecule has 0 saturated heterocycles. The van der Waals surface area contributed by atoms with Crippen molar-refractivity contribution in [1.29, 1.82) is 5.26 Å². The van der Waals surface area contributed by atoms with E-state index in [2.05, 4.69) is 6.07 Å². The monoisotopic (exact) mass is 245 g/mol. The van der Waals surface area contributed by atoms with Gasteiger partial charge in [0.1, 0.15) is 11.9 Å². The normalized spacial score (nSPS) is 23.4. The van der Waals surface area contributed by atoms with Gasteiger partial charge >= 0.3 is 0 Å². The Balaban J connectivity index is 2.21. The lowest BCUT2D eigenvalue weighted by atomic mass is 9.94. The van der Waals surface area contributed by atoms with Gasteiger partial charge in [0.2, 0.25) is 0 Å². The zero-order valence-corrected chi connectivity index (χ0v) is 10.9. The number of aryl methyl sites for hydroxylation is 2. The topological polar surface area (TPSA) is 53.2 Å². The first kappa shape index (κ1) is 12.9. The number of aliphatic hydroxyl groups is 1. The molecule has 0 unspecified atom stereocenters. The Morgan fingerprint density at radius 2 is 1.83 bits per heavy atom. The second-order valence-corrected chi connectivity index (χ2v) is 5.06. The zero-order valence-electron chi connectivity index (χ0n) is 10.9. The summed E-state index contributed by atoms with van der Waals surface area (Å²) in [6, 6.07) is 5.81. The molecule has 1 saturated carbocycles. The van der Waals surface area contributed by atoms with E-state index in [4.69, 9.17) is 10.00 Å². The molecule has 96 valence electrons. The average Bonchev–Trinajstić information content (AvgIpc) is 2.35. The van der Waals surface area contributed by atoms with Crippen molar-refractivity contribution >= 4 is 0 Å². The Morgan fingerprint density at radius 3 is 2.39 bits per heavy atom. The molecule has 3 heteroatoms. The van der Waals surface area contributed by atoms with Crippen LogP contribution in [-0.4, -0.2) is 17.3 Å². The van der Waals surface area contributed by atoms with Gasteiger partial charge in [0.15, 0.2) is 0 Å². The van der Waals surface area contributed by atoms with Crippen LogP contribution < -0.4 is 4.74 Å². The Hall–Kier alpha value is -1.53. The number of hydrogen-bond donors (Lipinski definition) is 1. The van der Waals surface area contributed by atoms with E-state index in [0.29, 0.717) is 5.56 Å². The Labute approximate surface area is 108 Å². The largest absolute Gasteiger partial charge is 0.487 e. The molecule has 1 aromatic rings. The molecule has 0 bridgehead atoms. The molecule has 0 amide bonds. The van der Waals surface area contributed by atoms with E-state index in [1.165, 1.54) is 0 Å². The van der Waals surface area contributed by atoms with Crippen molar-refractivity contribution in [2.75, 3.05) is 0 Å². The molecule has 18 heavy (non-hydrogen) atoms. The van der Waals surface area contributed by atoms with Gasteiger partial charge in [-0.2, -0.15) is 5.26 Å². The maximum Gasteiger partial charge on any atom is 0.125 e. The summed E-state index contributed by atoms with van der Waals surface area (Å²) in [7, 11) is 0. The maximum absolute atomic E-state index is 9.94. The summed E-state index contributed by atoms with van der Waals surface area (Å²) in [6.07, 6.45) is 3.43. The summed E-state index contributed by atoms with van der Waals surface area (Å²) in [6.45, 7) is 3.89. The lowest BCUT2D eigenvalue weighted by Crippen LogP contribution is -2.35. The smallest absolute Gasteiger partial charge is 0.125 e. The SMILES string of the molecule is Cc1cc(C#N)cc(C)c1O[C@H]1CCCC[C@@H]1O. The first-order valence-electron chi connectivity index (χ1n) is 6.48. The van der Waals surface area contributed by atoms with Crippen LogP contribution in [0.3, 0.4) is 0 Å². The van der Waals surface area contributed by atoms with Crippen molar-refractivity contribution in [3.63, 3.8) is 0 Å². The number of benzene rings is 1. The fourth-order valence-corrected chi connectivity index (χ4v) is 2.57. The number of nitrogens with zero attached hydrogens (tertiary/aromatic N) is 1. The Bertz CT molecular complexity index is 453. The van der Waals surface area contributed by atoms with Crippen LogP contribution in [0.25, 0.3) is 0 Å². The summed E-state index contributed by atoms with van der Waals surface area (Å²) in [5, 5.41) is 18.8. The first-order chi connectivity index (χ1) is 8.61. The van der Waals surface area contributed by atoms with Gasteiger partial charge in [-0.3, -0.25) is 0 Å². The number of nitriles is 1. The second-order valence-electron chi connectivity index (χ2n) is 5.06. The van der Waals surface area contributed by atoms with E-state index in [-0.39, 0.29) is 12.2 Å². The van der Waals surface area contributed by atoms with Crippen LogP contribution in [0.5, 0.6) is 5.75 Å². The molecule has 1 aromatic carbocycles. The Kier molecular flexibility index (Phi) is 3.88. The number of aliphatic hydroxyl groups excluding tert-OH is 1. The van der Waals surface area contributed by atoms with Crippen LogP contribution in [0, 0.1) is 25.2 Å². The maximum atomic E-state index is 9.94. The summed E-state index contributed by atoms with van der Waals surface area (Å²) in [5.74, 6) is 0.819. The second kappa shape index (κ2) is 5.41. The van der Waals surface area contributed by atoms with Gasteiger partial charge in [-0.05, 0) is 56.4 Å². The lowest BCUT2D eigenvalue weighted by Gasteiger charge is -2.29. The minimum atomic E-state index is -0.367. The molecule has 1 aliphatic rings. The van der Waals surface area contributed by atoms with Crippen LogP contribution in [0.4, 0.5) is 0 Å². The molecule has 0 aliphatic heterocycles. The average molecular weight is 245 g/mol. The standard InChI is InChI=1S/C15H19NO2/c1-10-7-12(9-16)8-11(2)15(10)18-14-6-4-3-5-13(14)17/h7-8,13-14,17H,3-6H2,1-2H3/t13-,14-/m0/s1. The van der Waals surface area contributed by atoms with Gasteiger partial charge in [-0.15, -0.1) is 0 Å². The molecule has 3 nitrogen and oxygen atoms in total. The third kappa shape index (κ3) is 2.65. The van der Waals surface area contributed by atoms with E-state index in [1.54, 1.807) is 0 Å². The molecular formula is C15H19NO2. The van der Waals surface area contributed by atoms with Gasteiger partial charge in [-0.25, -0.2) is 0 Å². The highest BCUT2D eigenvalue weighted by molar-refractivity contribution is 5.47. The predicted octanol–water partition coefficient (Wildman–Crippen LogP) is 2.86. The summed E-state index contributed by atoms with van der Waals surface area (Å²) < 4.78 is 5.97. The highest BCUT2D eigenvalue weighted by Gasteiger charge is 2.25. The van der Waals surface area contributed by atoms with E-state index in [9.17, 15) is 5.11 Å². The van der Waals surface area contributed by atoms with Gasteiger partial charge < -0.3 is 9.84 Å². The van der Waals surface area contributed by atoms with Crippen LogP contribution in [0.15, 0.2) is 12.1 Å². The van der Waals surface area contributed by atoms with E-state index in [0.717, 1.165) is 42.6 Å². The van der Waals surface area contributed by atoms with Gasteiger partial charge in [-0.1, -0.05) is 6.42 Å². The highest BCUT2D eigenvalue weighted by Crippen LogP contribution is 2.29. The van der Waals surface area contributed by atoms with Crippen LogP contribution in [0.2, 0.25) is 0 Å². The quantitative estimate of drug-likeness (QED) is 0.871. The van der Waals surface area contributed by atoms with Gasteiger partial charge in [0.25, 0.3) is 0 Å². The third-order valence-electron chi connectivity index (χ3n) is 3.53. The van der Waals surface area contributed by atoms with E-state index in [1.807, 2.05) is 26.0 Å². The van der Waals surface area contributed by atoms with Crippen molar-refractivity contribution in [2.24, 2.45) is 0 Å². The lowest BCUT2D eigenvalue weighted by molar-refractivity contribution is 0.00620. The van der Waals surface area contributed by atoms with Crippen molar-refractivity contribution < 1.29 is 9.84 Å². The highest BCUT2D eigenvalue weighted by atomic mass is 16.5. The van der Waals surface area contributed by atoms with Crippen LogP contribution in [-0.2, 0) is 0 Å². The van der Waals surface area contributed by atoms with E-state index >= 15 is 0 Å². The molecule has 0 spiro atoms. The summed E-state index contributed by atoms with van der Waals surface area (Å²) in [5.41, 5.74) is 2.58. The molecule has 0 radical (unpaired) electrons. The zero-order chi connectivity index (χ0) is 13.1. The first-order valence-corrected chi connectivity index (χ1v) is 6.48. The summed E-state index contributed by atoms with van der Waals surface area (Å²) in [4.78, 5) is 0. The Morgan fingerprint density at radius 1 is 1.22 bits per heavy atom. The third-order valence-corrected chi connectivity index (χ3v) is 3.53. The minimum absolute atomic E-state index is 0.107. The molecule has 1 N–H and O–H groups in total.